The minimum atomic E-state index is -0.646. The molecule has 1 amide bonds. The Morgan fingerprint density at radius 1 is 1.58 bits per heavy atom. The monoisotopic (exact) mass is 285 g/mol. The van der Waals surface area contributed by atoms with E-state index in [0.29, 0.717) is 13.0 Å². The highest BCUT2D eigenvalue weighted by Gasteiger charge is 2.32. The summed E-state index contributed by atoms with van der Waals surface area (Å²) in [5.41, 5.74) is 5.74. The molecule has 19 heavy (non-hydrogen) atoms. The molecule has 2 rings (SSSR count). The number of nitrogens with two attached hydrogens (primary N) is 1. The number of halogens is 2. The Balaban J connectivity index is 2.25. The van der Waals surface area contributed by atoms with Gasteiger partial charge >= 0.3 is 0 Å². The second-order valence-electron chi connectivity index (χ2n) is 4.31. The molecule has 1 aromatic rings. The molecular weight excluding hydrogens is 273 g/mol. The quantitative estimate of drug-likeness (QED) is 0.376. The number of rotatable bonds is 2. The van der Waals surface area contributed by atoms with Crippen LogP contribution in [0.25, 0.3) is 0 Å². The molecule has 1 aromatic carbocycles. The molecule has 1 unspecified atom stereocenters. The van der Waals surface area contributed by atoms with Gasteiger partial charge in [0.15, 0.2) is 5.84 Å². The van der Waals surface area contributed by atoms with Gasteiger partial charge in [-0.25, -0.2) is 4.39 Å². The summed E-state index contributed by atoms with van der Waals surface area (Å²) in [6.07, 6.45) is 1.38. The second kappa shape index (κ2) is 5.44. The predicted octanol–water partition coefficient (Wildman–Crippen LogP) is 1.83. The lowest BCUT2D eigenvalue weighted by atomic mass is 10.1. The van der Waals surface area contributed by atoms with E-state index < -0.39 is 11.9 Å². The van der Waals surface area contributed by atoms with Gasteiger partial charge in [0.2, 0.25) is 0 Å². The SMILES string of the molecule is N/C(=N/O)C1CCCN1C(=O)c1ccc(Cl)c(F)c1. The average Bonchev–Trinajstić information content (AvgIpc) is 2.89. The molecule has 7 heteroatoms. The summed E-state index contributed by atoms with van der Waals surface area (Å²) in [6.45, 7) is 0.490. The standard InChI is InChI=1S/C12H13ClFN3O2/c13-8-4-3-7(6-9(8)14)12(18)17-5-1-2-10(17)11(15)16-19/h3-4,6,10,19H,1-2,5H2,(H2,15,16). The van der Waals surface area contributed by atoms with Crippen molar-refractivity contribution in [2.45, 2.75) is 18.9 Å². The van der Waals surface area contributed by atoms with Crippen molar-refractivity contribution in [2.75, 3.05) is 6.54 Å². The summed E-state index contributed by atoms with van der Waals surface area (Å²) in [5.74, 6) is -1.02. The molecule has 3 N–H and O–H groups in total. The maximum absolute atomic E-state index is 13.4. The number of nitrogens with zero attached hydrogens (tertiary/aromatic N) is 2. The zero-order valence-corrected chi connectivity index (χ0v) is 10.8. The van der Waals surface area contributed by atoms with Gasteiger partial charge in [0, 0.05) is 12.1 Å². The largest absolute Gasteiger partial charge is 0.409 e. The highest BCUT2D eigenvalue weighted by Crippen LogP contribution is 2.22. The van der Waals surface area contributed by atoms with Gasteiger partial charge in [-0.2, -0.15) is 0 Å². The van der Waals surface area contributed by atoms with E-state index >= 15 is 0 Å². The van der Waals surface area contributed by atoms with Gasteiger partial charge in [-0.05, 0) is 31.0 Å². The third-order valence-corrected chi connectivity index (χ3v) is 3.44. The van der Waals surface area contributed by atoms with Crippen LogP contribution >= 0.6 is 11.6 Å². The van der Waals surface area contributed by atoms with Crippen molar-refractivity contribution in [2.24, 2.45) is 10.9 Å². The van der Waals surface area contributed by atoms with E-state index in [-0.39, 0.29) is 22.3 Å². The Bertz CT molecular complexity index is 536. The Labute approximate surface area is 114 Å². The first-order valence-electron chi connectivity index (χ1n) is 5.78. The number of oxime groups is 1. The van der Waals surface area contributed by atoms with Crippen LogP contribution in [0.15, 0.2) is 23.4 Å². The molecule has 1 saturated heterocycles. The van der Waals surface area contributed by atoms with E-state index in [2.05, 4.69) is 5.16 Å². The average molecular weight is 286 g/mol. The van der Waals surface area contributed by atoms with Crippen molar-refractivity contribution in [3.8, 4) is 0 Å². The minimum absolute atomic E-state index is 0.0136. The van der Waals surface area contributed by atoms with Crippen molar-refractivity contribution in [1.29, 1.82) is 0 Å². The summed E-state index contributed by atoms with van der Waals surface area (Å²) in [5, 5.41) is 11.6. The van der Waals surface area contributed by atoms with Crippen LogP contribution in [0.4, 0.5) is 4.39 Å². The summed E-state index contributed by atoms with van der Waals surface area (Å²) in [7, 11) is 0. The Morgan fingerprint density at radius 2 is 2.32 bits per heavy atom. The zero-order chi connectivity index (χ0) is 14.0. The van der Waals surface area contributed by atoms with Crippen LogP contribution in [0.3, 0.4) is 0 Å². The summed E-state index contributed by atoms with van der Waals surface area (Å²) in [6, 6.07) is 3.43. The Kier molecular flexibility index (Phi) is 3.90. The van der Waals surface area contributed by atoms with E-state index in [9.17, 15) is 9.18 Å². The predicted molar refractivity (Wildman–Crippen MR) is 68.9 cm³/mol. The minimum Gasteiger partial charge on any atom is -0.409 e. The maximum atomic E-state index is 13.4. The molecule has 1 fully saturated rings. The smallest absolute Gasteiger partial charge is 0.254 e. The molecule has 1 atom stereocenters. The van der Waals surface area contributed by atoms with Gasteiger partial charge in [0.25, 0.3) is 5.91 Å². The number of likely N-dealkylation sites (tertiary alicyclic amines) is 1. The number of amides is 1. The van der Waals surface area contributed by atoms with Crippen molar-refractivity contribution in [3.63, 3.8) is 0 Å². The Hall–Kier alpha value is -1.82. The van der Waals surface area contributed by atoms with Gasteiger partial charge < -0.3 is 15.8 Å². The fourth-order valence-corrected chi connectivity index (χ4v) is 2.30. The van der Waals surface area contributed by atoms with E-state index in [1.807, 2.05) is 0 Å². The first-order chi connectivity index (χ1) is 9.04. The van der Waals surface area contributed by atoms with Crippen molar-refractivity contribution < 1.29 is 14.4 Å². The number of benzene rings is 1. The third-order valence-electron chi connectivity index (χ3n) is 3.14. The number of hydrogen-bond donors (Lipinski definition) is 2. The number of hydrogen-bond acceptors (Lipinski definition) is 3. The first kappa shape index (κ1) is 13.6. The van der Waals surface area contributed by atoms with Crippen LogP contribution in [0.5, 0.6) is 0 Å². The molecule has 0 radical (unpaired) electrons. The van der Waals surface area contributed by atoms with E-state index in [4.69, 9.17) is 22.5 Å². The van der Waals surface area contributed by atoms with E-state index in [1.54, 1.807) is 0 Å². The second-order valence-corrected chi connectivity index (χ2v) is 4.72. The van der Waals surface area contributed by atoms with Crippen molar-refractivity contribution >= 4 is 23.3 Å². The highest BCUT2D eigenvalue weighted by atomic mass is 35.5. The molecule has 0 spiro atoms. The van der Waals surface area contributed by atoms with Gasteiger partial charge in [-0.3, -0.25) is 4.79 Å². The maximum Gasteiger partial charge on any atom is 0.254 e. The fourth-order valence-electron chi connectivity index (χ4n) is 2.18. The van der Waals surface area contributed by atoms with Crippen LogP contribution < -0.4 is 5.73 Å². The van der Waals surface area contributed by atoms with Crippen LogP contribution in [0.1, 0.15) is 23.2 Å². The zero-order valence-electron chi connectivity index (χ0n) is 10.0. The lowest BCUT2D eigenvalue weighted by molar-refractivity contribution is 0.0767. The molecule has 0 bridgehead atoms. The van der Waals surface area contributed by atoms with Gasteiger partial charge in [-0.1, -0.05) is 16.8 Å². The summed E-state index contributed by atoms with van der Waals surface area (Å²) < 4.78 is 13.4. The lowest BCUT2D eigenvalue weighted by Gasteiger charge is -2.23. The molecule has 1 aliphatic heterocycles. The van der Waals surface area contributed by atoms with Crippen LogP contribution in [-0.4, -0.2) is 34.4 Å². The number of carbonyl (C=O) groups is 1. The molecule has 1 aliphatic rings. The highest BCUT2D eigenvalue weighted by molar-refractivity contribution is 6.30. The number of amidine groups is 1. The summed E-state index contributed by atoms with van der Waals surface area (Å²) >= 11 is 5.57. The molecule has 102 valence electrons. The van der Waals surface area contributed by atoms with Gasteiger partial charge in [0.05, 0.1) is 11.1 Å². The third kappa shape index (κ3) is 2.63. The van der Waals surface area contributed by atoms with Gasteiger partial charge in [0.1, 0.15) is 5.82 Å². The normalized spacial score (nSPS) is 19.8. The van der Waals surface area contributed by atoms with E-state index in [0.717, 1.165) is 12.5 Å². The van der Waals surface area contributed by atoms with Gasteiger partial charge in [-0.15, -0.1) is 0 Å². The molecule has 0 aliphatic carbocycles. The topological polar surface area (TPSA) is 78.9 Å². The van der Waals surface area contributed by atoms with Crippen LogP contribution in [-0.2, 0) is 0 Å². The molecule has 0 aromatic heterocycles. The van der Waals surface area contributed by atoms with Crippen LogP contribution in [0, 0.1) is 5.82 Å². The van der Waals surface area contributed by atoms with E-state index in [1.165, 1.54) is 17.0 Å². The summed E-state index contributed by atoms with van der Waals surface area (Å²) in [4.78, 5) is 13.7. The Morgan fingerprint density at radius 3 is 2.95 bits per heavy atom. The van der Waals surface area contributed by atoms with Crippen molar-refractivity contribution in [3.05, 3.63) is 34.6 Å². The lowest BCUT2D eigenvalue weighted by Crippen LogP contribution is -2.43. The molecular formula is C12H13ClFN3O2. The molecule has 1 heterocycles. The molecule has 0 saturated carbocycles. The van der Waals surface area contributed by atoms with Crippen molar-refractivity contribution in [1.82, 2.24) is 4.90 Å². The first-order valence-corrected chi connectivity index (χ1v) is 6.16. The number of carbonyl (C=O) groups excluding carboxylic acids is 1. The van der Waals surface area contributed by atoms with Crippen LogP contribution in [0.2, 0.25) is 5.02 Å². The fraction of sp³-hybridized carbons (Fsp3) is 0.333. The molecule has 5 nitrogen and oxygen atoms in total.